The molecule has 2 heterocycles. The highest BCUT2D eigenvalue weighted by Crippen LogP contribution is 2.20. The molecule has 0 N–H and O–H groups in total. The fourth-order valence-corrected chi connectivity index (χ4v) is 3.50. The molecule has 1 aromatic carbocycles. The summed E-state index contributed by atoms with van der Waals surface area (Å²) in [5, 5.41) is 1.01. The number of fused-ring (bicyclic) bond motifs is 1. The summed E-state index contributed by atoms with van der Waals surface area (Å²) < 4.78 is 5.32. The molecule has 1 aromatic heterocycles. The van der Waals surface area contributed by atoms with Crippen molar-refractivity contribution in [1.29, 1.82) is 0 Å². The molecule has 1 saturated heterocycles. The monoisotopic (exact) mass is 341 g/mol. The molecule has 25 heavy (non-hydrogen) atoms. The molecule has 0 unspecified atom stereocenters. The number of carbonyl (C=O) groups is 1. The number of rotatable bonds is 4. The van der Waals surface area contributed by atoms with Gasteiger partial charge in [-0.05, 0) is 45.0 Å². The van der Waals surface area contributed by atoms with Gasteiger partial charge in [0.1, 0.15) is 0 Å². The van der Waals surface area contributed by atoms with Gasteiger partial charge in [-0.25, -0.2) is 0 Å². The van der Waals surface area contributed by atoms with Crippen LogP contribution in [0.1, 0.15) is 29.9 Å². The number of aryl methyl sites for hydroxylation is 1. The van der Waals surface area contributed by atoms with Gasteiger partial charge in [0.05, 0.1) is 12.1 Å². The van der Waals surface area contributed by atoms with Crippen LogP contribution >= 0.6 is 0 Å². The van der Waals surface area contributed by atoms with Crippen LogP contribution < -0.4 is 0 Å². The second-order valence-corrected chi connectivity index (χ2v) is 7.38. The Bertz CT molecular complexity index is 765. The van der Waals surface area contributed by atoms with Crippen molar-refractivity contribution in [2.24, 2.45) is 0 Å². The minimum atomic E-state index is -0.00360. The van der Waals surface area contributed by atoms with Crippen molar-refractivity contribution in [1.82, 2.24) is 14.8 Å². The summed E-state index contributed by atoms with van der Waals surface area (Å²) in [7, 11) is 1.73. The Morgan fingerprint density at radius 3 is 2.56 bits per heavy atom. The lowest BCUT2D eigenvalue weighted by Crippen LogP contribution is -2.57. The lowest BCUT2D eigenvalue weighted by Gasteiger charge is -2.43. The zero-order chi connectivity index (χ0) is 18.0. The molecule has 1 aliphatic rings. The Morgan fingerprint density at radius 1 is 1.16 bits per heavy atom. The molecule has 1 amide bonds. The Kier molecular flexibility index (Phi) is 5.06. The number of benzene rings is 1. The van der Waals surface area contributed by atoms with Gasteiger partial charge in [-0.3, -0.25) is 14.7 Å². The third-order valence-corrected chi connectivity index (χ3v) is 5.00. The number of hydrogen-bond acceptors (Lipinski definition) is 4. The van der Waals surface area contributed by atoms with Gasteiger partial charge in [-0.2, -0.15) is 0 Å². The molecule has 134 valence electrons. The van der Waals surface area contributed by atoms with Crippen LogP contribution in [0.3, 0.4) is 0 Å². The zero-order valence-electron chi connectivity index (χ0n) is 15.6. The van der Waals surface area contributed by atoms with Crippen molar-refractivity contribution in [3.05, 3.63) is 41.6 Å². The average molecular weight is 341 g/mol. The van der Waals surface area contributed by atoms with E-state index in [4.69, 9.17) is 4.74 Å². The number of ether oxygens (including phenoxy) is 1. The average Bonchev–Trinajstić information content (AvgIpc) is 2.60. The third kappa shape index (κ3) is 3.83. The Hall–Kier alpha value is -1.98. The van der Waals surface area contributed by atoms with Gasteiger partial charge < -0.3 is 9.64 Å². The predicted octanol–water partition coefficient (Wildman–Crippen LogP) is 2.73. The first-order chi connectivity index (χ1) is 11.9. The van der Waals surface area contributed by atoms with E-state index in [9.17, 15) is 4.79 Å². The molecule has 0 aliphatic carbocycles. The summed E-state index contributed by atoms with van der Waals surface area (Å²) in [6.07, 6.45) is 0. The van der Waals surface area contributed by atoms with Crippen LogP contribution in [0.25, 0.3) is 10.9 Å². The minimum Gasteiger partial charge on any atom is -0.383 e. The molecular formula is C20H27N3O2. The molecule has 2 aromatic rings. The predicted molar refractivity (Wildman–Crippen MR) is 99.9 cm³/mol. The van der Waals surface area contributed by atoms with Crippen LogP contribution in [-0.4, -0.2) is 66.1 Å². The van der Waals surface area contributed by atoms with Gasteiger partial charge in [-0.15, -0.1) is 0 Å². The second kappa shape index (κ2) is 7.10. The number of pyridine rings is 1. The summed E-state index contributed by atoms with van der Waals surface area (Å²) in [4.78, 5) is 21.7. The van der Waals surface area contributed by atoms with Gasteiger partial charge in [0.25, 0.3) is 5.91 Å². The van der Waals surface area contributed by atoms with Gasteiger partial charge in [0.15, 0.2) is 0 Å². The fraction of sp³-hybridized carbons (Fsp3) is 0.500. The summed E-state index contributed by atoms with van der Waals surface area (Å²) in [6.45, 7) is 10.3. The minimum absolute atomic E-state index is 0.00360. The quantitative estimate of drug-likeness (QED) is 0.858. The zero-order valence-corrected chi connectivity index (χ0v) is 15.6. The SMILES string of the molecule is COCC(C)(C)N1CCN(C(=O)c2ccc3nc(C)ccc3c2)CC1. The molecule has 1 fully saturated rings. The molecule has 0 radical (unpaired) electrons. The highest BCUT2D eigenvalue weighted by Gasteiger charge is 2.31. The van der Waals surface area contributed by atoms with E-state index in [-0.39, 0.29) is 11.4 Å². The van der Waals surface area contributed by atoms with E-state index in [1.54, 1.807) is 7.11 Å². The first-order valence-corrected chi connectivity index (χ1v) is 8.81. The van der Waals surface area contributed by atoms with E-state index in [1.165, 1.54) is 0 Å². The number of piperazine rings is 1. The molecule has 0 bridgehead atoms. The lowest BCUT2D eigenvalue weighted by atomic mass is 10.0. The molecule has 0 spiro atoms. The molecule has 0 atom stereocenters. The van der Waals surface area contributed by atoms with E-state index < -0.39 is 0 Å². The van der Waals surface area contributed by atoms with Crippen LogP contribution in [0.5, 0.6) is 0 Å². The number of amides is 1. The molecular weight excluding hydrogens is 314 g/mol. The maximum absolute atomic E-state index is 12.9. The Balaban J connectivity index is 1.69. The third-order valence-electron chi connectivity index (χ3n) is 5.00. The molecule has 1 aliphatic heterocycles. The van der Waals surface area contributed by atoms with Crippen LogP contribution in [0.4, 0.5) is 0 Å². The fourth-order valence-electron chi connectivity index (χ4n) is 3.50. The van der Waals surface area contributed by atoms with Gasteiger partial charge in [-0.1, -0.05) is 6.07 Å². The van der Waals surface area contributed by atoms with Crippen LogP contribution in [0.2, 0.25) is 0 Å². The second-order valence-electron chi connectivity index (χ2n) is 7.38. The summed E-state index contributed by atoms with van der Waals surface area (Å²) in [5.74, 6) is 0.103. The van der Waals surface area contributed by atoms with Crippen molar-refractivity contribution >= 4 is 16.8 Å². The van der Waals surface area contributed by atoms with Crippen LogP contribution in [0.15, 0.2) is 30.3 Å². The topological polar surface area (TPSA) is 45.7 Å². The number of methoxy groups -OCH3 is 1. The number of aromatic nitrogens is 1. The first kappa shape index (κ1) is 17.8. The smallest absolute Gasteiger partial charge is 0.253 e. The normalized spacial score (nSPS) is 16.4. The molecule has 3 rings (SSSR count). The number of carbonyl (C=O) groups excluding carboxylic acids is 1. The maximum Gasteiger partial charge on any atom is 0.253 e. The standard InChI is InChI=1S/C20H27N3O2/c1-15-5-6-16-13-17(7-8-18(16)21-15)19(24)22-9-11-23(12-10-22)20(2,3)14-25-4/h5-8,13H,9-12,14H2,1-4H3. The highest BCUT2D eigenvalue weighted by atomic mass is 16.5. The highest BCUT2D eigenvalue weighted by molar-refractivity contribution is 5.98. The van der Waals surface area contributed by atoms with Crippen molar-refractivity contribution in [3.8, 4) is 0 Å². The Morgan fingerprint density at radius 2 is 1.88 bits per heavy atom. The van der Waals surface area contributed by atoms with Crippen molar-refractivity contribution in [3.63, 3.8) is 0 Å². The van der Waals surface area contributed by atoms with E-state index in [1.807, 2.05) is 42.2 Å². The molecule has 0 saturated carbocycles. The summed E-state index contributed by atoms with van der Waals surface area (Å²) in [5.41, 5.74) is 2.66. The van der Waals surface area contributed by atoms with E-state index in [2.05, 4.69) is 23.7 Å². The molecule has 5 nitrogen and oxygen atoms in total. The van der Waals surface area contributed by atoms with Crippen molar-refractivity contribution < 1.29 is 9.53 Å². The van der Waals surface area contributed by atoms with Crippen LogP contribution in [-0.2, 0) is 4.74 Å². The van der Waals surface area contributed by atoms with Crippen LogP contribution in [0, 0.1) is 6.92 Å². The van der Waals surface area contributed by atoms with E-state index in [0.29, 0.717) is 6.61 Å². The van der Waals surface area contributed by atoms with Gasteiger partial charge in [0.2, 0.25) is 0 Å². The lowest BCUT2D eigenvalue weighted by molar-refractivity contribution is 0.00372. The first-order valence-electron chi connectivity index (χ1n) is 8.81. The summed E-state index contributed by atoms with van der Waals surface area (Å²) in [6, 6.07) is 9.78. The number of hydrogen-bond donors (Lipinski definition) is 0. The van der Waals surface area contributed by atoms with Gasteiger partial charge >= 0.3 is 0 Å². The van der Waals surface area contributed by atoms with E-state index in [0.717, 1.165) is 48.3 Å². The van der Waals surface area contributed by atoms with E-state index >= 15 is 0 Å². The van der Waals surface area contributed by atoms with Gasteiger partial charge in [0, 0.05) is 55.5 Å². The van der Waals surface area contributed by atoms with Crippen molar-refractivity contribution in [2.45, 2.75) is 26.3 Å². The summed E-state index contributed by atoms with van der Waals surface area (Å²) >= 11 is 0. The molecule has 5 heteroatoms. The maximum atomic E-state index is 12.9. The van der Waals surface area contributed by atoms with Crippen molar-refractivity contribution in [2.75, 3.05) is 39.9 Å². The largest absolute Gasteiger partial charge is 0.383 e. The number of nitrogens with zero attached hydrogens (tertiary/aromatic N) is 3. The Labute approximate surface area is 149 Å².